The molecule has 0 N–H and O–H groups in total. The summed E-state index contributed by atoms with van der Waals surface area (Å²) in [5, 5.41) is 13.1. The van der Waals surface area contributed by atoms with Gasteiger partial charge >= 0.3 is 0 Å². The Morgan fingerprint density at radius 2 is 2.13 bits per heavy atom. The van der Waals surface area contributed by atoms with E-state index in [1.807, 2.05) is 12.1 Å². The predicted molar refractivity (Wildman–Crippen MR) is 87.1 cm³/mol. The normalized spacial score (nSPS) is 11.3. The molecule has 0 saturated carbocycles. The molecule has 0 amide bonds. The lowest BCUT2D eigenvalue weighted by Gasteiger charge is -1.96. The molecule has 3 aromatic rings. The second-order valence-corrected chi connectivity index (χ2v) is 6.74. The Morgan fingerprint density at radius 1 is 1.26 bits per heavy atom. The van der Waals surface area contributed by atoms with Gasteiger partial charge in [0.1, 0.15) is 0 Å². The van der Waals surface area contributed by atoms with Crippen molar-refractivity contribution in [3.8, 4) is 11.5 Å². The van der Waals surface area contributed by atoms with Crippen LogP contribution in [0.1, 0.15) is 25.6 Å². The number of hydrogen-bond donors (Lipinski definition) is 0. The van der Waals surface area contributed by atoms with Gasteiger partial charge in [-0.2, -0.15) is 4.98 Å². The molecular weight excluding hydrogens is 336 g/mol. The van der Waals surface area contributed by atoms with Gasteiger partial charge in [0, 0.05) is 17.0 Å². The summed E-state index contributed by atoms with van der Waals surface area (Å²) in [7, 11) is 0. The first-order valence-electron chi connectivity index (χ1n) is 7.14. The Kier molecular flexibility index (Phi) is 4.97. The van der Waals surface area contributed by atoms with Crippen molar-refractivity contribution in [3.05, 3.63) is 41.0 Å². The molecule has 0 aliphatic rings. The largest absolute Gasteiger partial charge is 0.411 e. The molecule has 23 heavy (non-hydrogen) atoms. The summed E-state index contributed by atoms with van der Waals surface area (Å²) >= 11 is 7.33. The molecule has 0 bridgehead atoms. The quantitative estimate of drug-likeness (QED) is 0.614. The molecule has 120 valence electrons. The van der Waals surface area contributed by atoms with E-state index >= 15 is 0 Å². The van der Waals surface area contributed by atoms with Crippen LogP contribution in [-0.2, 0) is 12.2 Å². The molecule has 0 spiro atoms. The second kappa shape index (κ2) is 7.14. The Bertz CT molecular complexity index is 787. The van der Waals surface area contributed by atoms with E-state index in [0.29, 0.717) is 39.5 Å². The fourth-order valence-corrected chi connectivity index (χ4v) is 2.71. The highest BCUT2D eigenvalue weighted by Gasteiger charge is 2.12. The summed E-state index contributed by atoms with van der Waals surface area (Å²) in [6.45, 7) is 4.21. The van der Waals surface area contributed by atoms with E-state index < -0.39 is 0 Å². The van der Waals surface area contributed by atoms with Crippen LogP contribution in [0.5, 0.6) is 0 Å². The molecule has 0 unspecified atom stereocenters. The van der Waals surface area contributed by atoms with Crippen molar-refractivity contribution in [2.24, 2.45) is 5.92 Å². The van der Waals surface area contributed by atoms with Crippen molar-refractivity contribution in [1.82, 2.24) is 20.3 Å². The van der Waals surface area contributed by atoms with Gasteiger partial charge in [-0.1, -0.05) is 48.4 Å². The van der Waals surface area contributed by atoms with E-state index in [9.17, 15) is 0 Å². The van der Waals surface area contributed by atoms with Gasteiger partial charge in [0.2, 0.25) is 11.8 Å². The van der Waals surface area contributed by atoms with Crippen molar-refractivity contribution in [3.63, 3.8) is 0 Å². The highest BCUT2D eigenvalue weighted by Crippen LogP contribution is 2.26. The Labute approximate surface area is 142 Å². The first-order chi connectivity index (χ1) is 11.1. The predicted octanol–water partition coefficient (Wildman–Crippen LogP) is 4.26. The van der Waals surface area contributed by atoms with E-state index in [4.69, 9.17) is 20.5 Å². The topological polar surface area (TPSA) is 77.8 Å². The number of benzene rings is 1. The molecule has 2 heterocycles. The highest BCUT2D eigenvalue weighted by atomic mass is 35.5. The van der Waals surface area contributed by atoms with Crippen LogP contribution in [0.25, 0.3) is 11.5 Å². The van der Waals surface area contributed by atoms with Crippen LogP contribution in [0.4, 0.5) is 0 Å². The van der Waals surface area contributed by atoms with Crippen LogP contribution in [-0.4, -0.2) is 20.3 Å². The van der Waals surface area contributed by atoms with Crippen LogP contribution in [0.3, 0.4) is 0 Å². The smallest absolute Gasteiger partial charge is 0.277 e. The molecule has 0 aliphatic heterocycles. The summed E-state index contributed by atoms with van der Waals surface area (Å²) < 4.78 is 10.8. The SMILES string of the molecule is CC(C)Cc1nc(CSc2nnc(-c3cccc(Cl)c3)o2)no1. The van der Waals surface area contributed by atoms with Crippen molar-refractivity contribution in [2.45, 2.75) is 31.2 Å². The van der Waals surface area contributed by atoms with Crippen LogP contribution < -0.4 is 0 Å². The van der Waals surface area contributed by atoms with Gasteiger partial charge in [-0.15, -0.1) is 10.2 Å². The zero-order chi connectivity index (χ0) is 16.2. The molecule has 3 rings (SSSR count). The first kappa shape index (κ1) is 16.0. The van der Waals surface area contributed by atoms with Gasteiger partial charge in [0.25, 0.3) is 5.22 Å². The zero-order valence-corrected chi connectivity index (χ0v) is 14.3. The lowest BCUT2D eigenvalue weighted by Crippen LogP contribution is -1.94. The standard InChI is InChI=1S/C15H15ClN4O2S/c1-9(2)6-13-17-12(20-22-13)8-23-15-19-18-14(21-15)10-4-3-5-11(16)7-10/h3-5,7,9H,6,8H2,1-2H3. The lowest BCUT2D eigenvalue weighted by atomic mass is 10.1. The first-order valence-corrected chi connectivity index (χ1v) is 8.50. The Morgan fingerprint density at radius 3 is 2.91 bits per heavy atom. The van der Waals surface area contributed by atoms with Gasteiger partial charge < -0.3 is 8.94 Å². The van der Waals surface area contributed by atoms with Crippen molar-refractivity contribution in [1.29, 1.82) is 0 Å². The summed E-state index contributed by atoms with van der Waals surface area (Å²) in [5.41, 5.74) is 0.788. The molecule has 0 aliphatic carbocycles. The van der Waals surface area contributed by atoms with Crippen molar-refractivity contribution in [2.75, 3.05) is 0 Å². The maximum atomic E-state index is 5.96. The summed E-state index contributed by atoms with van der Waals surface area (Å²) in [6, 6.07) is 7.28. The van der Waals surface area contributed by atoms with Gasteiger partial charge in [0.05, 0.1) is 5.75 Å². The summed E-state index contributed by atoms with van der Waals surface area (Å²) in [5.74, 6) is 2.70. The van der Waals surface area contributed by atoms with E-state index in [0.717, 1.165) is 12.0 Å². The molecule has 2 aromatic heterocycles. The van der Waals surface area contributed by atoms with Gasteiger partial charge in [0.15, 0.2) is 5.82 Å². The third-order valence-electron chi connectivity index (χ3n) is 2.90. The van der Waals surface area contributed by atoms with E-state index in [1.165, 1.54) is 11.8 Å². The zero-order valence-electron chi connectivity index (χ0n) is 12.7. The third kappa shape index (κ3) is 4.33. The number of thioether (sulfide) groups is 1. The van der Waals surface area contributed by atoms with Gasteiger partial charge in [-0.25, -0.2) is 0 Å². The molecular formula is C15H15ClN4O2S. The second-order valence-electron chi connectivity index (χ2n) is 5.37. The fraction of sp³-hybridized carbons (Fsp3) is 0.333. The molecule has 0 atom stereocenters. The Balaban J connectivity index is 1.62. The lowest BCUT2D eigenvalue weighted by molar-refractivity contribution is 0.360. The van der Waals surface area contributed by atoms with Crippen LogP contribution >= 0.6 is 23.4 Å². The van der Waals surface area contributed by atoms with Gasteiger partial charge in [-0.05, 0) is 24.1 Å². The third-order valence-corrected chi connectivity index (χ3v) is 3.95. The minimum absolute atomic E-state index is 0.434. The minimum atomic E-state index is 0.434. The maximum Gasteiger partial charge on any atom is 0.277 e. The summed E-state index contributed by atoms with van der Waals surface area (Å²) in [4.78, 5) is 4.34. The molecule has 0 saturated heterocycles. The van der Waals surface area contributed by atoms with E-state index in [-0.39, 0.29) is 0 Å². The monoisotopic (exact) mass is 350 g/mol. The number of rotatable bonds is 6. The number of aromatic nitrogens is 4. The van der Waals surface area contributed by atoms with Gasteiger partial charge in [-0.3, -0.25) is 0 Å². The highest BCUT2D eigenvalue weighted by molar-refractivity contribution is 7.98. The van der Waals surface area contributed by atoms with E-state index in [2.05, 4.69) is 34.2 Å². The van der Waals surface area contributed by atoms with Crippen LogP contribution in [0, 0.1) is 5.92 Å². The number of nitrogens with zero attached hydrogens (tertiary/aromatic N) is 4. The molecule has 8 heteroatoms. The molecule has 1 aromatic carbocycles. The molecule has 0 fully saturated rings. The average Bonchev–Trinajstić information content (AvgIpc) is 3.14. The van der Waals surface area contributed by atoms with Crippen molar-refractivity contribution < 1.29 is 8.94 Å². The van der Waals surface area contributed by atoms with E-state index in [1.54, 1.807) is 12.1 Å². The Hall–Kier alpha value is -1.86. The van der Waals surface area contributed by atoms with Crippen LogP contribution in [0.2, 0.25) is 5.02 Å². The number of hydrogen-bond acceptors (Lipinski definition) is 7. The minimum Gasteiger partial charge on any atom is -0.411 e. The van der Waals surface area contributed by atoms with Crippen LogP contribution in [0.15, 0.2) is 38.4 Å². The maximum absolute atomic E-state index is 5.96. The number of halogens is 1. The van der Waals surface area contributed by atoms with Crippen molar-refractivity contribution >= 4 is 23.4 Å². The summed E-state index contributed by atoms with van der Waals surface area (Å²) in [6.07, 6.45) is 0.775. The molecule has 0 radical (unpaired) electrons. The molecule has 6 nitrogen and oxygen atoms in total. The average molecular weight is 351 g/mol. The fourth-order valence-electron chi connectivity index (χ4n) is 1.91.